The number of rotatable bonds is 6. The van der Waals surface area contributed by atoms with Crippen molar-refractivity contribution in [2.45, 2.75) is 46.1 Å². The lowest BCUT2D eigenvalue weighted by Crippen LogP contribution is -2.34. The molecule has 0 aliphatic rings. The van der Waals surface area contributed by atoms with Gasteiger partial charge >= 0.3 is 6.09 Å². The van der Waals surface area contributed by atoms with Crippen molar-refractivity contribution in [2.24, 2.45) is 0 Å². The van der Waals surface area contributed by atoms with Gasteiger partial charge in [0.05, 0.1) is 6.54 Å². The molecule has 4 heteroatoms. The maximum atomic E-state index is 11.4. The minimum atomic E-state index is -0.472. The van der Waals surface area contributed by atoms with E-state index < -0.39 is 11.7 Å². The molecule has 1 aromatic rings. The average Bonchev–Trinajstić information content (AvgIpc) is 2.35. The van der Waals surface area contributed by atoms with Crippen LogP contribution in [-0.2, 0) is 11.2 Å². The van der Waals surface area contributed by atoms with E-state index in [-0.39, 0.29) is 0 Å². The minimum Gasteiger partial charge on any atom is -0.492 e. The van der Waals surface area contributed by atoms with E-state index in [4.69, 9.17) is 9.47 Å². The highest BCUT2D eigenvalue weighted by Crippen LogP contribution is 2.13. The summed E-state index contributed by atoms with van der Waals surface area (Å²) in [6, 6.07) is 8.05. The van der Waals surface area contributed by atoms with E-state index in [1.165, 1.54) is 5.56 Å². The molecule has 4 nitrogen and oxygen atoms in total. The Morgan fingerprint density at radius 1 is 1.20 bits per heavy atom. The zero-order valence-corrected chi connectivity index (χ0v) is 12.9. The Bertz CT molecular complexity index is 407. The van der Waals surface area contributed by atoms with Crippen molar-refractivity contribution < 1.29 is 14.3 Å². The summed E-state index contributed by atoms with van der Waals surface area (Å²) < 4.78 is 10.7. The van der Waals surface area contributed by atoms with Crippen LogP contribution in [0.3, 0.4) is 0 Å². The molecule has 0 heterocycles. The molecular weight excluding hydrogens is 254 g/mol. The maximum Gasteiger partial charge on any atom is 0.407 e. The molecule has 1 aromatic carbocycles. The summed E-state index contributed by atoms with van der Waals surface area (Å²) in [5, 5.41) is 2.65. The number of hydrogen-bond donors (Lipinski definition) is 1. The Morgan fingerprint density at radius 3 is 2.40 bits per heavy atom. The third kappa shape index (κ3) is 7.02. The highest BCUT2D eigenvalue weighted by atomic mass is 16.6. The van der Waals surface area contributed by atoms with E-state index in [0.717, 1.165) is 18.6 Å². The van der Waals surface area contributed by atoms with Gasteiger partial charge in [0.1, 0.15) is 18.0 Å². The van der Waals surface area contributed by atoms with E-state index in [9.17, 15) is 4.79 Å². The van der Waals surface area contributed by atoms with Crippen molar-refractivity contribution in [3.63, 3.8) is 0 Å². The molecule has 0 bridgehead atoms. The first kappa shape index (κ1) is 16.3. The Kier molecular flexibility index (Phi) is 6.36. The van der Waals surface area contributed by atoms with Gasteiger partial charge in [-0.25, -0.2) is 4.79 Å². The molecule has 0 unspecified atom stereocenters. The quantitative estimate of drug-likeness (QED) is 0.810. The summed E-state index contributed by atoms with van der Waals surface area (Å²) in [7, 11) is 0. The van der Waals surface area contributed by atoms with Gasteiger partial charge < -0.3 is 14.8 Å². The molecule has 0 aliphatic carbocycles. The third-order valence-electron chi connectivity index (χ3n) is 2.50. The number of nitrogens with one attached hydrogen (secondary N) is 1. The Hall–Kier alpha value is -1.71. The number of carbonyl (C=O) groups excluding carboxylic acids is 1. The Morgan fingerprint density at radius 2 is 1.85 bits per heavy atom. The summed E-state index contributed by atoms with van der Waals surface area (Å²) in [5.41, 5.74) is 0.840. The summed E-state index contributed by atoms with van der Waals surface area (Å²) in [6.45, 7) is 8.51. The molecule has 0 spiro atoms. The zero-order valence-electron chi connectivity index (χ0n) is 12.9. The molecule has 0 aliphatic heterocycles. The molecule has 0 radical (unpaired) electrons. The lowest BCUT2D eigenvalue weighted by atomic mass is 10.1. The smallest absolute Gasteiger partial charge is 0.407 e. The predicted molar refractivity (Wildman–Crippen MR) is 80.2 cm³/mol. The molecule has 1 rings (SSSR count). The SMILES string of the molecule is CCCc1ccc(OCCNC(=O)OC(C)(C)C)cc1. The molecule has 20 heavy (non-hydrogen) atoms. The normalized spacial score (nSPS) is 11.0. The number of ether oxygens (including phenoxy) is 2. The lowest BCUT2D eigenvalue weighted by molar-refractivity contribution is 0.0520. The van der Waals surface area contributed by atoms with Crippen molar-refractivity contribution in [1.29, 1.82) is 0 Å². The van der Waals surface area contributed by atoms with E-state index in [1.54, 1.807) is 0 Å². The van der Waals surface area contributed by atoms with Gasteiger partial charge in [-0.1, -0.05) is 25.5 Å². The largest absolute Gasteiger partial charge is 0.492 e. The van der Waals surface area contributed by atoms with E-state index >= 15 is 0 Å². The second-order valence-corrected chi connectivity index (χ2v) is 5.67. The standard InChI is InChI=1S/C16H25NO3/c1-5-6-13-7-9-14(10-8-13)19-12-11-17-15(18)20-16(2,3)4/h7-10H,5-6,11-12H2,1-4H3,(H,17,18). The first-order valence-corrected chi connectivity index (χ1v) is 7.09. The first-order valence-electron chi connectivity index (χ1n) is 7.09. The van der Waals surface area contributed by atoms with Gasteiger partial charge in [-0.3, -0.25) is 0 Å². The summed E-state index contributed by atoms with van der Waals surface area (Å²) in [4.78, 5) is 11.4. The first-order chi connectivity index (χ1) is 9.40. The van der Waals surface area contributed by atoms with Crippen LogP contribution >= 0.6 is 0 Å². The number of carbonyl (C=O) groups is 1. The molecule has 0 saturated heterocycles. The molecule has 0 saturated carbocycles. The van der Waals surface area contributed by atoms with Crippen LogP contribution in [0.1, 0.15) is 39.7 Å². The fraction of sp³-hybridized carbons (Fsp3) is 0.562. The summed E-state index contributed by atoms with van der Waals surface area (Å²) >= 11 is 0. The third-order valence-corrected chi connectivity index (χ3v) is 2.50. The van der Waals surface area contributed by atoms with Gasteiger partial charge in [0.2, 0.25) is 0 Å². The van der Waals surface area contributed by atoms with Crippen LogP contribution in [0.25, 0.3) is 0 Å². The number of alkyl carbamates (subject to hydrolysis) is 1. The van der Waals surface area contributed by atoms with Crippen molar-refractivity contribution in [3.8, 4) is 5.75 Å². The number of hydrogen-bond acceptors (Lipinski definition) is 3. The highest BCUT2D eigenvalue weighted by Gasteiger charge is 2.15. The summed E-state index contributed by atoms with van der Waals surface area (Å²) in [5.74, 6) is 0.816. The maximum absolute atomic E-state index is 11.4. The van der Waals surface area contributed by atoms with Gasteiger partial charge in [-0.2, -0.15) is 0 Å². The van der Waals surface area contributed by atoms with Crippen LogP contribution in [0.15, 0.2) is 24.3 Å². The van der Waals surface area contributed by atoms with Gasteiger partial charge in [0, 0.05) is 0 Å². The highest BCUT2D eigenvalue weighted by molar-refractivity contribution is 5.67. The predicted octanol–water partition coefficient (Wildman–Crippen LogP) is 3.54. The monoisotopic (exact) mass is 279 g/mol. The van der Waals surface area contributed by atoms with E-state index in [2.05, 4.69) is 24.4 Å². The van der Waals surface area contributed by atoms with E-state index in [0.29, 0.717) is 13.2 Å². The van der Waals surface area contributed by atoms with Crippen LogP contribution in [0.5, 0.6) is 5.75 Å². The average molecular weight is 279 g/mol. The minimum absolute atomic E-state index is 0.417. The van der Waals surface area contributed by atoms with Crippen LogP contribution in [-0.4, -0.2) is 24.8 Å². The number of amides is 1. The van der Waals surface area contributed by atoms with E-state index in [1.807, 2.05) is 32.9 Å². The van der Waals surface area contributed by atoms with Crippen LogP contribution in [0, 0.1) is 0 Å². The molecule has 1 N–H and O–H groups in total. The second-order valence-electron chi connectivity index (χ2n) is 5.67. The van der Waals surface area contributed by atoms with Gasteiger partial charge in [0.15, 0.2) is 0 Å². The number of benzene rings is 1. The molecule has 112 valence electrons. The molecule has 0 fully saturated rings. The molecule has 1 amide bonds. The fourth-order valence-electron chi connectivity index (χ4n) is 1.68. The van der Waals surface area contributed by atoms with Crippen molar-refractivity contribution >= 4 is 6.09 Å². The van der Waals surface area contributed by atoms with Crippen LogP contribution in [0.4, 0.5) is 4.79 Å². The zero-order chi connectivity index (χ0) is 15.0. The molecule has 0 atom stereocenters. The molecule has 0 aromatic heterocycles. The van der Waals surface area contributed by atoms with Gasteiger partial charge in [-0.15, -0.1) is 0 Å². The van der Waals surface area contributed by atoms with Crippen LogP contribution in [0.2, 0.25) is 0 Å². The summed E-state index contributed by atoms with van der Waals surface area (Å²) in [6.07, 6.45) is 1.81. The van der Waals surface area contributed by atoms with Crippen molar-refractivity contribution in [3.05, 3.63) is 29.8 Å². The topological polar surface area (TPSA) is 47.6 Å². The Balaban J connectivity index is 2.22. The molecular formula is C16H25NO3. The number of aryl methyl sites for hydroxylation is 1. The van der Waals surface area contributed by atoms with Gasteiger partial charge in [-0.05, 0) is 44.9 Å². The Labute approximate surface area is 121 Å². The second kappa shape index (κ2) is 7.78. The van der Waals surface area contributed by atoms with Crippen LogP contribution < -0.4 is 10.1 Å². The van der Waals surface area contributed by atoms with Crippen molar-refractivity contribution in [1.82, 2.24) is 5.32 Å². The van der Waals surface area contributed by atoms with Crippen molar-refractivity contribution in [2.75, 3.05) is 13.2 Å². The fourth-order valence-corrected chi connectivity index (χ4v) is 1.68. The van der Waals surface area contributed by atoms with Gasteiger partial charge in [0.25, 0.3) is 0 Å². The lowest BCUT2D eigenvalue weighted by Gasteiger charge is -2.19.